The average Bonchev–Trinajstić information content (AvgIpc) is 2.79. The van der Waals surface area contributed by atoms with Gasteiger partial charge >= 0.3 is 0 Å². The van der Waals surface area contributed by atoms with Crippen molar-refractivity contribution in [1.29, 1.82) is 0 Å². The Hall–Kier alpha value is -1.52. The van der Waals surface area contributed by atoms with Crippen LogP contribution in [0.3, 0.4) is 0 Å². The Labute approximate surface area is 113 Å². The highest BCUT2D eigenvalue weighted by Gasteiger charge is 2.07. The minimum Gasteiger partial charge on any atom is -0.490 e. The molecule has 0 aliphatic rings. The molecule has 2 aromatic rings. The topological polar surface area (TPSA) is 43.6 Å². The maximum absolute atomic E-state index is 8.67. The first-order valence-corrected chi connectivity index (χ1v) is 6.65. The van der Waals surface area contributed by atoms with Crippen LogP contribution in [0.4, 0.5) is 0 Å². The normalized spacial score (nSPS) is 11.4. The number of aliphatic hydroxyl groups is 1. The third-order valence-corrected chi connectivity index (χ3v) is 2.85. The second kappa shape index (κ2) is 6.59. The van der Waals surface area contributed by atoms with Crippen LogP contribution in [0.15, 0.2) is 30.5 Å². The van der Waals surface area contributed by atoms with Gasteiger partial charge in [0.1, 0.15) is 5.75 Å². The molecule has 1 heterocycles. The number of ether oxygens (including phenoxy) is 2. The molecule has 0 aliphatic heterocycles. The van der Waals surface area contributed by atoms with Gasteiger partial charge in [-0.2, -0.15) is 0 Å². The zero-order valence-corrected chi connectivity index (χ0v) is 11.5. The number of benzene rings is 1. The summed E-state index contributed by atoms with van der Waals surface area (Å²) in [4.78, 5) is 0. The number of nitrogens with zero attached hydrogens (tertiary/aromatic N) is 1. The van der Waals surface area contributed by atoms with Crippen molar-refractivity contribution in [3.05, 3.63) is 30.5 Å². The van der Waals surface area contributed by atoms with Gasteiger partial charge in [-0.1, -0.05) is 6.07 Å². The monoisotopic (exact) mass is 263 g/mol. The molecular weight excluding hydrogens is 242 g/mol. The van der Waals surface area contributed by atoms with Gasteiger partial charge in [-0.05, 0) is 32.0 Å². The van der Waals surface area contributed by atoms with Crippen molar-refractivity contribution in [1.82, 2.24) is 4.57 Å². The van der Waals surface area contributed by atoms with E-state index in [1.165, 1.54) is 0 Å². The summed E-state index contributed by atoms with van der Waals surface area (Å²) in [6.45, 7) is 5.88. The Morgan fingerprint density at radius 3 is 2.79 bits per heavy atom. The molecule has 0 aliphatic carbocycles. The van der Waals surface area contributed by atoms with Crippen molar-refractivity contribution in [2.45, 2.75) is 26.5 Å². The maximum atomic E-state index is 8.67. The number of hydrogen-bond acceptors (Lipinski definition) is 3. The van der Waals surface area contributed by atoms with Gasteiger partial charge in [-0.15, -0.1) is 0 Å². The Kier molecular flexibility index (Phi) is 4.82. The molecule has 1 aromatic heterocycles. The van der Waals surface area contributed by atoms with Crippen LogP contribution in [0.25, 0.3) is 10.9 Å². The van der Waals surface area contributed by atoms with Crippen LogP contribution < -0.4 is 4.74 Å². The van der Waals surface area contributed by atoms with Crippen LogP contribution in [0.1, 0.15) is 13.8 Å². The second-order valence-corrected chi connectivity index (χ2v) is 4.70. The van der Waals surface area contributed by atoms with E-state index in [0.29, 0.717) is 13.2 Å². The molecule has 0 fully saturated rings. The summed E-state index contributed by atoms with van der Waals surface area (Å²) in [6.07, 6.45) is 2.21. The van der Waals surface area contributed by atoms with Crippen LogP contribution in [0, 0.1) is 0 Å². The van der Waals surface area contributed by atoms with Crippen molar-refractivity contribution in [2.24, 2.45) is 0 Å². The summed E-state index contributed by atoms with van der Waals surface area (Å²) < 4.78 is 13.2. The molecule has 1 N–H and O–H groups in total. The lowest BCUT2D eigenvalue weighted by Crippen LogP contribution is -2.08. The maximum Gasteiger partial charge on any atom is 0.129 e. The number of fused-ring (bicyclic) bond motifs is 1. The van der Waals surface area contributed by atoms with E-state index in [1.807, 2.05) is 32.2 Å². The molecule has 0 unspecified atom stereocenters. The zero-order chi connectivity index (χ0) is 13.7. The standard InChI is InChI=1S/C15H21NO3/c1-12(2)19-15-5-3-4-14-13(15)6-7-16(14)8-10-18-11-9-17/h3-7,12,17H,8-11H2,1-2H3. The quantitative estimate of drug-likeness (QED) is 0.780. The predicted molar refractivity (Wildman–Crippen MR) is 75.6 cm³/mol. The van der Waals surface area contributed by atoms with E-state index < -0.39 is 0 Å². The van der Waals surface area contributed by atoms with Gasteiger partial charge in [-0.25, -0.2) is 0 Å². The first-order chi connectivity index (χ1) is 9.22. The minimum atomic E-state index is 0.0683. The van der Waals surface area contributed by atoms with Gasteiger partial charge in [-0.3, -0.25) is 0 Å². The van der Waals surface area contributed by atoms with Gasteiger partial charge in [0.2, 0.25) is 0 Å². The molecule has 0 saturated heterocycles. The summed E-state index contributed by atoms with van der Waals surface area (Å²) in [5.41, 5.74) is 1.14. The van der Waals surface area contributed by atoms with E-state index >= 15 is 0 Å². The highest BCUT2D eigenvalue weighted by atomic mass is 16.5. The Morgan fingerprint density at radius 2 is 2.05 bits per heavy atom. The van der Waals surface area contributed by atoms with Gasteiger partial charge in [0.25, 0.3) is 0 Å². The van der Waals surface area contributed by atoms with Crippen LogP contribution in [0.2, 0.25) is 0 Å². The lowest BCUT2D eigenvalue weighted by molar-refractivity contribution is 0.0875. The first kappa shape index (κ1) is 13.9. The molecule has 4 heteroatoms. The van der Waals surface area contributed by atoms with Crippen molar-refractivity contribution in [3.8, 4) is 5.75 Å². The van der Waals surface area contributed by atoms with E-state index in [2.05, 4.69) is 16.7 Å². The van der Waals surface area contributed by atoms with Gasteiger partial charge in [0.05, 0.1) is 31.4 Å². The molecule has 19 heavy (non-hydrogen) atoms. The SMILES string of the molecule is CC(C)Oc1cccc2c1ccn2CCOCCO. The first-order valence-electron chi connectivity index (χ1n) is 6.65. The molecule has 4 nitrogen and oxygen atoms in total. The third kappa shape index (κ3) is 3.49. The van der Waals surface area contributed by atoms with Crippen LogP contribution in [0.5, 0.6) is 5.75 Å². The van der Waals surface area contributed by atoms with Gasteiger partial charge in [0, 0.05) is 18.1 Å². The Bertz CT molecular complexity index is 519. The predicted octanol–water partition coefficient (Wildman–Crippen LogP) is 2.44. The van der Waals surface area contributed by atoms with E-state index in [0.717, 1.165) is 23.2 Å². The van der Waals surface area contributed by atoms with Gasteiger partial charge < -0.3 is 19.1 Å². The fraction of sp³-hybridized carbons (Fsp3) is 0.467. The second-order valence-electron chi connectivity index (χ2n) is 4.70. The molecular formula is C15H21NO3. The molecule has 0 bridgehead atoms. The smallest absolute Gasteiger partial charge is 0.129 e. The summed E-state index contributed by atoms with van der Waals surface area (Å²) in [6, 6.07) is 8.15. The fourth-order valence-corrected chi connectivity index (χ4v) is 2.08. The fourth-order valence-electron chi connectivity index (χ4n) is 2.08. The van der Waals surface area contributed by atoms with E-state index in [9.17, 15) is 0 Å². The highest BCUT2D eigenvalue weighted by molar-refractivity contribution is 5.86. The number of aliphatic hydroxyl groups excluding tert-OH is 1. The highest BCUT2D eigenvalue weighted by Crippen LogP contribution is 2.27. The van der Waals surface area contributed by atoms with E-state index in [4.69, 9.17) is 14.6 Å². The zero-order valence-electron chi connectivity index (χ0n) is 11.5. The van der Waals surface area contributed by atoms with Crippen LogP contribution in [-0.2, 0) is 11.3 Å². The molecule has 0 amide bonds. The molecule has 0 radical (unpaired) electrons. The number of aromatic nitrogens is 1. The number of rotatable bonds is 7. The van der Waals surface area contributed by atoms with Crippen molar-refractivity contribution < 1.29 is 14.6 Å². The lowest BCUT2D eigenvalue weighted by Gasteiger charge is -2.11. The summed E-state index contributed by atoms with van der Waals surface area (Å²) in [5, 5.41) is 9.79. The van der Waals surface area contributed by atoms with Crippen LogP contribution >= 0.6 is 0 Å². The summed E-state index contributed by atoms with van der Waals surface area (Å²) in [5.74, 6) is 0.919. The molecule has 0 saturated carbocycles. The molecule has 2 rings (SSSR count). The third-order valence-electron chi connectivity index (χ3n) is 2.85. The minimum absolute atomic E-state index is 0.0683. The number of hydrogen-bond donors (Lipinski definition) is 1. The Balaban J connectivity index is 2.14. The largest absolute Gasteiger partial charge is 0.490 e. The molecule has 1 aromatic carbocycles. The lowest BCUT2D eigenvalue weighted by atomic mass is 10.2. The summed E-state index contributed by atoms with van der Waals surface area (Å²) in [7, 11) is 0. The Morgan fingerprint density at radius 1 is 1.21 bits per heavy atom. The molecule has 104 valence electrons. The molecule has 0 spiro atoms. The van der Waals surface area contributed by atoms with E-state index in [1.54, 1.807) is 0 Å². The van der Waals surface area contributed by atoms with Crippen molar-refractivity contribution in [2.75, 3.05) is 19.8 Å². The van der Waals surface area contributed by atoms with Crippen LogP contribution in [-0.4, -0.2) is 35.6 Å². The summed E-state index contributed by atoms with van der Waals surface area (Å²) >= 11 is 0. The van der Waals surface area contributed by atoms with Crippen molar-refractivity contribution >= 4 is 10.9 Å². The van der Waals surface area contributed by atoms with E-state index in [-0.39, 0.29) is 12.7 Å². The van der Waals surface area contributed by atoms with Crippen molar-refractivity contribution in [3.63, 3.8) is 0 Å². The average molecular weight is 263 g/mol. The molecule has 0 atom stereocenters. The van der Waals surface area contributed by atoms with Gasteiger partial charge in [0.15, 0.2) is 0 Å².